The number of halogens is 3. The highest BCUT2D eigenvalue weighted by molar-refractivity contribution is 7.92. The molecule has 0 aliphatic rings. The van der Waals surface area contributed by atoms with E-state index in [-0.39, 0.29) is 16.5 Å². The number of rotatable bonds is 3. The molecule has 3 N–H and O–H groups in total. The van der Waals surface area contributed by atoms with E-state index in [1.54, 1.807) is 0 Å². The standard InChI is InChI=1S/C11H8ClF2N3O2S/c12-7-3-8(14)9(15)4-10(7)20(18,19)17-11-2-1-6(13)5-16-11/h1-5H,15H2,(H,16,17). The largest absolute Gasteiger partial charge is 0.396 e. The van der Waals surface area contributed by atoms with Crippen molar-refractivity contribution < 1.29 is 17.2 Å². The van der Waals surface area contributed by atoms with Gasteiger partial charge in [-0.2, -0.15) is 0 Å². The highest BCUT2D eigenvalue weighted by atomic mass is 35.5. The lowest BCUT2D eigenvalue weighted by Crippen LogP contribution is -2.15. The lowest BCUT2D eigenvalue weighted by atomic mass is 10.3. The zero-order valence-corrected chi connectivity index (χ0v) is 11.3. The summed E-state index contributed by atoms with van der Waals surface area (Å²) >= 11 is 5.68. The topological polar surface area (TPSA) is 85.1 Å². The molecule has 1 heterocycles. The first-order chi connectivity index (χ1) is 9.29. The smallest absolute Gasteiger partial charge is 0.264 e. The first kappa shape index (κ1) is 14.5. The second-order valence-corrected chi connectivity index (χ2v) is 5.83. The SMILES string of the molecule is Nc1cc(S(=O)(=O)Nc2ccc(F)cn2)c(Cl)cc1F. The predicted molar refractivity (Wildman–Crippen MR) is 70.8 cm³/mol. The van der Waals surface area contributed by atoms with Gasteiger partial charge in [-0.15, -0.1) is 0 Å². The van der Waals surface area contributed by atoms with Gasteiger partial charge >= 0.3 is 0 Å². The third kappa shape index (κ3) is 2.97. The zero-order valence-electron chi connectivity index (χ0n) is 9.77. The van der Waals surface area contributed by atoms with E-state index in [1.807, 2.05) is 0 Å². The number of nitrogens with one attached hydrogen (secondary N) is 1. The molecule has 0 bridgehead atoms. The maximum absolute atomic E-state index is 13.1. The monoisotopic (exact) mass is 319 g/mol. The molecule has 1 aromatic carbocycles. The molecule has 0 spiro atoms. The van der Waals surface area contributed by atoms with E-state index in [4.69, 9.17) is 17.3 Å². The van der Waals surface area contributed by atoms with Crippen molar-refractivity contribution in [2.45, 2.75) is 4.90 Å². The summed E-state index contributed by atoms with van der Waals surface area (Å²) in [5, 5.41) is -0.327. The number of hydrogen-bond donors (Lipinski definition) is 2. The Morgan fingerprint density at radius 3 is 2.55 bits per heavy atom. The van der Waals surface area contributed by atoms with E-state index in [9.17, 15) is 17.2 Å². The molecule has 0 saturated heterocycles. The normalized spacial score (nSPS) is 11.3. The van der Waals surface area contributed by atoms with Crippen molar-refractivity contribution in [3.05, 3.63) is 47.1 Å². The van der Waals surface area contributed by atoms with Crippen LogP contribution in [0.1, 0.15) is 0 Å². The minimum absolute atomic E-state index is 0.106. The number of sulfonamides is 1. The second-order valence-electron chi connectivity index (χ2n) is 3.77. The molecule has 0 radical (unpaired) electrons. The van der Waals surface area contributed by atoms with Crippen molar-refractivity contribution in [3.63, 3.8) is 0 Å². The van der Waals surface area contributed by atoms with Gasteiger partial charge in [0.25, 0.3) is 10.0 Å². The van der Waals surface area contributed by atoms with Crippen LogP contribution in [0.25, 0.3) is 0 Å². The summed E-state index contributed by atoms with van der Waals surface area (Å²) in [5.41, 5.74) is 4.95. The quantitative estimate of drug-likeness (QED) is 0.851. The molecular formula is C11H8ClF2N3O2S. The Morgan fingerprint density at radius 1 is 1.25 bits per heavy atom. The average Bonchev–Trinajstić information content (AvgIpc) is 2.36. The first-order valence-corrected chi connectivity index (χ1v) is 7.04. The van der Waals surface area contributed by atoms with E-state index in [2.05, 4.69) is 9.71 Å². The molecule has 0 amide bonds. The second kappa shape index (κ2) is 5.22. The van der Waals surface area contributed by atoms with Crippen LogP contribution in [0.15, 0.2) is 35.4 Å². The van der Waals surface area contributed by atoms with Gasteiger partial charge in [0.2, 0.25) is 0 Å². The third-order valence-corrected chi connectivity index (χ3v) is 4.13. The minimum atomic E-state index is -4.11. The lowest BCUT2D eigenvalue weighted by molar-refractivity contribution is 0.599. The Labute approximate surface area is 118 Å². The molecule has 0 saturated carbocycles. The first-order valence-electron chi connectivity index (χ1n) is 5.18. The van der Waals surface area contributed by atoms with Gasteiger partial charge in [-0.1, -0.05) is 11.6 Å². The molecule has 0 aliphatic heterocycles. The van der Waals surface area contributed by atoms with Crippen LogP contribution in [0.3, 0.4) is 0 Å². The fourth-order valence-corrected chi connectivity index (χ4v) is 2.94. The molecule has 0 atom stereocenters. The Kier molecular flexibility index (Phi) is 3.78. The number of nitrogen functional groups attached to an aromatic ring is 1. The molecule has 2 rings (SSSR count). The van der Waals surface area contributed by atoms with Gasteiger partial charge in [0.15, 0.2) is 0 Å². The van der Waals surface area contributed by atoms with Crippen molar-refractivity contribution in [1.29, 1.82) is 0 Å². The summed E-state index contributed by atoms with van der Waals surface area (Å²) in [6.45, 7) is 0. The highest BCUT2D eigenvalue weighted by Gasteiger charge is 2.20. The van der Waals surface area contributed by atoms with Crippen LogP contribution in [0.5, 0.6) is 0 Å². The van der Waals surface area contributed by atoms with Crippen LogP contribution in [0.2, 0.25) is 5.02 Å². The Morgan fingerprint density at radius 2 is 1.95 bits per heavy atom. The van der Waals surface area contributed by atoms with E-state index in [1.165, 1.54) is 0 Å². The van der Waals surface area contributed by atoms with Crippen LogP contribution < -0.4 is 10.5 Å². The van der Waals surface area contributed by atoms with Gasteiger partial charge in [0.1, 0.15) is 22.3 Å². The number of pyridine rings is 1. The molecular weight excluding hydrogens is 312 g/mol. The zero-order chi connectivity index (χ0) is 14.9. The van der Waals surface area contributed by atoms with Gasteiger partial charge in [-0.05, 0) is 24.3 Å². The molecule has 9 heteroatoms. The fourth-order valence-electron chi connectivity index (χ4n) is 1.38. The molecule has 2 aromatic rings. The number of benzene rings is 1. The summed E-state index contributed by atoms with van der Waals surface area (Å²) in [7, 11) is -4.11. The Hall–Kier alpha value is -1.93. The fraction of sp³-hybridized carbons (Fsp3) is 0. The van der Waals surface area contributed by atoms with E-state index < -0.39 is 26.6 Å². The number of aromatic nitrogens is 1. The molecule has 20 heavy (non-hydrogen) atoms. The summed E-state index contributed by atoms with van der Waals surface area (Å²) < 4.78 is 52.0. The Balaban J connectivity index is 2.40. The van der Waals surface area contributed by atoms with Gasteiger partial charge in [0.05, 0.1) is 16.9 Å². The Bertz CT molecular complexity index is 751. The lowest BCUT2D eigenvalue weighted by Gasteiger charge is -2.09. The van der Waals surface area contributed by atoms with Crippen molar-refractivity contribution >= 4 is 33.1 Å². The van der Waals surface area contributed by atoms with Gasteiger partial charge in [0, 0.05) is 0 Å². The van der Waals surface area contributed by atoms with Crippen molar-refractivity contribution in [2.24, 2.45) is 0 Å². The van der Waals surface area contributed by atoms with Crippen LogP contribution in [-0.2, 0) is 10.0 Å². The molecule has 0 unspecified atom stereocenters. The number of hydrogen-bond acceptors (Lipinski definition) is 4. The van der Waals surface area contributed by atoms with E-state index >= 15 is 0 Å². The van der Waals surface area contributed by atoms with Gasteiger partial charge in [-0.3, -0.25) is 4.72 Å². The molecule has 0 aliphatic carbocycles. The van der Waals surface area contributed by atoms with Crippen LogP contribution >= 0.6 is 11.6 Å². The van der Waals surface area contributed by atoms with Gasteiger partial charge < -0.3 is 5.73 Å². The molecule has 0 fully saturated rings. The van der Waals surface area contributed by atoms with Crippen LogP contribution in [0.4, 0.5) is 20.3 Å². The maximum atomic E-state index is 13.1. The highest BCUT2D eigenvalue weighted by Crippen LogP contribution is 2.27. The van der Waals surface area contributed by atoms with Crippen molar-refractivity contribution in [2.75, 3.05) is 10.5 Å². The molecule has 1 aromatic heterocycles. The minimum Gasteiger partial charge on any atom is -0.396 e. The molecule has 5 nitrogen and oxygen atoms in total. The van der Waals surface area contributed by atoms with Crippen molar-refractivity contribution in [1.82, 2.24) is 4.98 Å². The average molecular weight is 320 g/mol. The molecule has 106 valence electrons. The summed E-state index contributed by atoms with van der Waals surface area (Å²) in [4.78, 5) is 3.15. The summed E-state index contributed by atoms with van der Waals surface area (Å²) in [5.74, 6) is -1.55. The van der Waals surface area contributed by atoms with Crippen LogP contribution in [0, 0.1) is 11.6 Å². The van der Waals surface area contributed by atoms with E-state index in [0.29, 0.717) is 0 Å². The predicted octanol–water partition coefficient (Wildman–Crippen LogP) is 2.40. The summed E-state index contributed by atoms with van der Waals surface area (Å²) in [6.07, 6.45) is 0.846. The number of anilines is 2. The van der Waals surface area contributed by atoms with Crippen LogP contribution in [-0.4, -0.2) is 13.4 Å². The number of nitrogens with two attached hydrogens (primary N) is 1. The third-order valence-electron chi connectivity index (χ3n) is 2.31. The summed E-state index contributed by atoms with van der Waals surface area (Å²) in [6, 6.07) is 3.85. The van der Waals surface area contributed by atoms with Gasteiger partial charge in [-0.25, -0.2) is 22.2 Å². The van der Waals surface area contributed by atoms with E-state index in [0.717, 1.165) is 30.5 Å². The van der Waals surface area contributed by atoms with Crippen molar-refractivity contribution in [3.8, 4) is 0 Å². The maximum Gasteiger partial charge on any atom is 0.264 e. The number of nitrogens with zero attached hydrogens (tertiary/aromatic N) is 1.